The molecule has 0 unspecified atom stereocenters. The number of rotatable bonds is 3. The number of nitrogens with one attached hydrogen (secondary N) is 2. The van der Waals surface area contributed by atoms with E-state index in [2.05, 4.69) is 17.6 Å². The molecule has 0 spiro atoms. The second kappa shape index (κ2) is 7.00. The molecule has 1 aromatic carbocycles. The summed E-state index contributed by atoms with van der Waals surface area (Å²) in [5.41, 5.74) is 1.72. The fourth-order valence-corrected chi connectivity index (χ4v) is 2.77. The van der Waals surface area contributed by atoms with E-state index in [1.165, 1.54) is 31.3 Å². The standard InChI is InChI=1S/C15H18Cl2N2O/c1-10(11-4-2-3-5-11)9-18-15(20)19-14-8-12(16)6-7-13(14)17/h6-9,11H,2-5H2,1H3,(H2,18,19,20)/b10-9+. The van der Waals surface area contributed by atoms with E-state index in [0.717, 1.165) is 0 Å². The Labute approximate surface area is 129 Å². The van der Waals surface area contributed by atoms with Gasteiger partial charge in [-0.05, 0) is 43.9 Å². The van der Waals surface area contributed by atoms with E-state index in [-0.39, 0.29) is 6.03 Å². The molecule has 1 saturated carbocycles. The van der Waals surface area contributed by atoms with Crippen LogP contribution in [0, 0.1) is 5.92 Å². The van der Waals surface area contributed by atoms with Gasteiger partial charge >= 0.3 is 6.03 Å². The van der Waals surface area contributed by atoms with Gasteiger partial charge in [0.05, 0.1) is 10.7 Å². The maximum atomic E-state index is 11.8. The minimum Gasteiger partial charge on any atom is -0.314 e. The molecule has 0 heterocycles. The van der Waals surface area contributed by atoms with Gasteiger partial charge < -0.3 is 10.6 Å². The first kappa shape index (κ1) is 15.2. The second-order valence-corrected chi connectivity index (χ2v) is 5.94. The lowest BCUT2D eigenvalue weighted by atomic mass is 10.0. The van der Waals surface area contributed by atoms with Crippen molar-refractivity contribution in [3.8, 4) is 0 Å². The van der Waals surface area contributed by atoms with Crippen LogP contribution in [0.5, 0.6) is 0 Å². The Hall–Kier alpha value is -1.19. The molecule has 0 saturated heterocycles. The van der Waals surface area contributed by atoms with Crippen molar-refractivity contribution >= 4 is 34.9 Å². The SMILES string of the molecule is C/C(=C\NC(=O)Nc1cc(Cl)ccc1Cl)C1CCCC1. The van der Waals surface area contributed by atoms with Crippen molar-refractivity contribution in [2.75, 3.05) is 5.32 Å². The van der Waals surface area contributed by atoms with E-state index in [4.69, 9.17) is 23.2 Å². The first-order valence-electron chi connectivity index (χ1n) is 6.75. The summed E-state index contributed by atoms with van der Waals surface area (Å²) in [5, 5.41) is 6.42. The van der Waals surface area contributed by atoms with Gasteiger partial charge in [-0.2, -0.15) is 0 Å². The van der Waals surface area contributed by atoms with Crippen molar-refractivity contribution < 1.29 is 4.79 Å². The van der Waals surface area contributed by atoms with Crippen molar-refractivity contribution in [3.63, 3.8) is 0 Å². The number of anilines is 1. The van der Waals surface area contributed by atoms with Crippen molar-refractivity contribution in [1.82, 2.24) is 5.32 Å². The van der Waals surface area contributed by atoms with Crippen LogP contribution in [0.2, 0.25) is 10.0 Å². The third-order valence-corrected chi connectivity index (χ3v) is 4.17. The number of carbonyl (C=O) groups excluding carboxylic acids is 1. The van der Waals surface area contributed by atoms with Gasteiger partial charge in [0, 0.05) is 11.2 Å². The number of hydrogen-bond acceptors (Lipinski definition) is 1. The fraction of sp³-hybridized carbons (Fsp3) is 0.400. The van der Waals surface area contributed by atoms with E-state index in [9.17, 15) is 4.79 Å². The summed E-state index contributed by atoms with van der Waals surface area (Å²) in [6, 6.07) is 4.64. The van der Waals surface area contributed by atoms with E-state index in [0.29, 0.717) is 21.7 Å². The normalized spacial score (nSPS) is 16.2. The Morgan fingerprint density at radius 1 is 1.30 bits per heavy atom. The average molecular weight is 313 g/mol. The first-order chi connectivity index (χ1) is 9.56. The molecule has 20 heavy (non-hydrogen) atoms. The summed E-state index contributed by atoms with van der Waals surface area (Å²) in [6.07, 6.45) is 6.77. The number of urea groups is 1. The third kappa shape index (κ3) is 4.15. The zero-order valence-electron chi connectivity index (χ0n) is 11.4. The van der Waals surface area contributed by atoms with Crippen molar-refractivity contribution in [1.29, 1.82) is 0 Å². The van der Waals surface area contributed by atoms with Gasteiger partial charge in [-0.1, -0.05) is 41.6 Å². The fourth-order valence-electron chi connectivity index (χ4n) is 2.43. The predicted octanol–water partition coefficient (Wildman–Crippen LogP) is 5.21. The average Bonchev–Trinajstić information content (AvgIpc) is 2.94. The number of halogens is 2. The largest absolute Gasteiger partial charge is 0.323 e. The smallest absolute Gasteiger partial charge is 0.314 e. The van der Waals surface area contributed by atoms with Gasteiger partial charge in [-0.25, -0.2) is 4.79 Å². The number of hydrogen-bond donors (Lipinski definition) is 2. The molecule has 2 rings (SSSR count). The number of benzene rings is 1. The molecule has 1 fully saturated rings. The predicted molar refractivity (Wildman–Crippen MR) is 84.3 cm³/mol. The van der Waals surface area contributed by atoms with Crippen LogP contribution in [0.25, 0.3) is 0 Å². The molecule has 0 radical (unpaired) electrons. The van der Waals surface area contributed by atoms with Crippen LogP contribution in [0.4, 0.5) is 10.5 Å². The maximum Gasteiger partial charge on any atom is 0.323 e. The molecule has 0 aliphatic heterocycles. The topological polar surface area (TPSA) is 41.1 Å². The molecular weight excluding hydrogens is 295 g/mol. The van der Waals surface area contributed by atoms with Gasteiger partial charge in [-0.15, -0.1) is 0 Å². The number of carbonyl (C=O) groups is 1. The molecule has 3 nitrogen and oxygen atoms in total. The van der Waals surface area contributed by atoms with Crippen LogP contribution < -0.4 is 10.6 Å². The summed E-state index contributed by atoms with van der Waals surface area (Å²) in [6.45, 7) is 2.06. The van der Waals surface area contributed by atoms with Gasteiger partial charge in [0.2, 0.25) is 0 Å². The van der Waals surface area contributed by atoms with Crippen molar-refractivity contribution in [2.45, 2.75) is 32.6 Å². The second-order valence-electron chi connectivity index (χ2n) is 5.09. The zero-order chi connectivity index (χ0) is 14.5. The monoisotopic (exact) mass is 312 g/mol. The van der Waals surface area contributed by atoms with Crippen LogP contribution in [0.15, 0.2) is 30.0 Å². The molecule has 2 N–H and O–H groups in total. The lowest BCUT2D eigenvalue weighted by Crippen LogP contribution is -2.24. The van der Waals surface area contributed by atoms with Crippen LogP contribution in [0.3, 0.4) is 0 Å². The highest BCUT2D eigenvalue weighted by Crippen LogP contribution is 2.30. The van der Waals surface area contributed by atoms with Gasteiger partial charge in [-0.3, -0.25) is 0 Å². The molecular formula is C15H18Cl2N2O. The lowest BCUT2D eigenvalue weighted by Gasteiger charge is -2.11. The molecule has 1 aliphatic carbocycles. The van der Waals surface area contributed by atoms with E-state index in [1.54, 1.807) is 24.4 Å². The minimum absolute atomic E-state index is 0.313. The minimum atomic E-state index is -0.313. The molecule has 0 atom stereocenters. The lowest BCUT2D eigenvalue weighted by molar-refractivity contribution is 0.255. The Kier molecular flexibility index (Phi) is 5.32. The highest BCUT2D eigenvalue weighted by Gasteiger charge is 2.16. The maximum absolute atomic E-state index is 11.8. The molecule has 0 bridgehead atoms. The molecule has 1 aromatic rings. The van der Waals surface area contributed by atoms with Gasteiger partial charge in [0.15, 0.2) is 0 Å². The molecule has 5 heteroatoms. The summed E-state index contributed by atoms with van der Waals surface area (Å²) in [4.78, 5) is 11.8. The summed E-state index contributed by atoms with van der Waals surface area (Å²) in [7, 11) is 0. The van der Waals surface area contributed by atoms with E-state index < -0.39 is 0 Å². The number of allylic oxidation sites excluding steroid dienone is 1. The molecule has 2 amide bonds. The van der Waals surface area contributed by atoms with Crippen LogP contribution in [-0.4, -0.2) is 6.03 Å². The summed E-state index contributed by atoms with van der Waals surface area (Å²) in [5.74, 6) is 0.602. The van der Waals surface area contributed by atoms with Crippen LogP contribution >= 0.6 is 23.2 Å². The van der Waals surface area contributed by atoms with Crippen molar-refractivity contribution in [3.05, 3.63) is 40.0 Å². The van der Waals surface area contributed by atoms with Crippen molar-refractivity contribution in [2.24, 2.45) is 5.92 Å². The quantitative estimate of drug-likeness (QED) is 0.790. The number of amides is 2. The van der Waals surface area contributed by atoms with E-state index in [1.807, 2.05) is 0 Å². The molecule has 1 aliphatic rings. The Morgan fingerprint density at radius 2 is 2.00 bits per heavy atom. The molecule has 108 valence electrons. The van der Waals surface area contributed by atoms with Crippen LogP contribution in [0.1, 0.15) is 32.6 Å². The Morgan fingerprint density at radius 3 is 2.70 bits per heavy atom. The summed E-state index contributed by atoms with van der Waals surface area (Å²) < 4.78 is 0. The highest BCUT2D eigenvalue weighted by atomic mass is 35.5. The van der Waals surface area contributed by atoms with Gasteiger partial charge in [0.25, 0.3) is 0 Å². The molecule has 0 aromatic heterocycles. The first-order valence-corrected chi connectivity index (χ1v) is 7.51. The third-order valence-electron chi connectivity index (χ3n) is 3.61. The van der Waals surface area contributed by atoms with Gasteiger partial charge in [0.1, 0.15) is 0 Å². The zero-order valence-corrected chi connectivity index (χ0v) is 12.9. The van der Waals surface area contributed by atoms with Crippen LogP contribution in [-0.2, 0) is 0 Å². The highest BCUT2D eigenvalue weighted by molar-refractivity contribution is 6.35. The summed E-state index contributed by atoms with van der Waals surface area (Å²) >= 11 is 11.9. The Balaban J connectivity index is 1.92. The van der Waals surface area contributed by atoms with E-state index >= 15 is 0 Å². The Bertz CT molecular complexity index is 523.